The Bertz CT molecular complexity index is 595. The molecule has 1 heterocycles. The molecule has 0 N–H and O–H groups in total. The number of rotatable bonds is 4. The standard InChI is InChI=1S/C13H11Cl2NO3/c1-2-18-13(17)6-12-16-11(7-19-12)8-3-4-9(14)10(15)5-8/h3-5,7H,2,6H2,1H3. The molecule has 6 heteroatoms. The molecule has 0 spiro atoms. The normalized spacial score (nSPS) is 10.5. The maximum atomic E-state index is 11.3. The van der Waals surface area contributed by atoms with Crippen LogP contribution in [0, 0.1) is 0 Å². The van der Waals surface area contributed by atoms with Crippen molar-refractivity contribution in [2.24, 2.45) is 0 Å². The summed E-state index contributed by atoms with van der Waals surface area (Å²) in [6, 6.07) is 5.15. The zero-order valence-corrected chi connectivity index (χ0v) is 11.7. The van der Waals surface area contributed by atoms with Crippen LogP contribution in [0.3, 0.4) is 0 Å². The highest BCUT2D eigenvalue weighted by Crippen LogP contribution is 2.28. The maximum Gasteiger partial charge on any atom is 0.315 e. The Balaban J connectivity index is 2.16. The molecular formula is C13H11Cl2NO3. The first-order chi connectivity index (χ1) is 9.10. The molecule has 2 rings (SSSR count). The minimum absolute atomic E-state index is 0.00909. The van der Waals surface area contributed by atoms with Gasteiger partial charge in [0.05, 0.1) is 16.7 Å². The monoisotopic (exact) mass is 299 g/mol. The number of esters is 1. The molecule has 0 aliphatic heterocycles. The molecule has 0 saturated heterocycles. The number of carbonyl (C=O) groups excluding carboxylic acids is 1. The van der Waals surface area contributed by atoms with Crippen LogP contribution < -0.4 is 0 Å². The Morgan fingerprint density at radius 2 is 2.16 bits per heavy atom. The summed E-state index contributed by atoms with van der Waals surface area (Å²) in [5, 5.41) is 0.912. The molecule has 1 aromatic heterocycles. The highest BCUT2D eigenvalue weighted by molar-refractivity contribution is 6.42. The first kappa shape index (κ1) is 13.9. The molecule has 0 unspecified atom stereocenters. The summed E-state index contributed by atoms with van der Waals surface area (Å²) in [5.74, 6) is -0.0652. The van der Waals surface area contributed by atoms with Gasteiger partial charge in [-0.3, -0.25) is 4.79 Å². The number of nitrogens with zero attached hydrogens (tertiary/aromatic N) is 1. The first-order valence-electron chi connectivity index (χ1n) is 5.65. The van der Waals surface area contributed by atoms with Crippen molar-refractivity contribution >= 4 is 29.2 Å². The molecule has 19 heavy (non-hydrogen) atoms. The van der Waals surface area contributed by atoms with Gasteiger partial charge in [0.2, 0.25) is 5.89 Å². The van der Waals surface area contributed by atoms with Crippen LogP contribution in [0.4, 0.5) is 0 Å². The third-order valence-corrected chi connectivity index (χ3v) is 3.11. The number of ether oxygens (including phenoxy) is 1. The van der Waals surface area contributed by atoms with Crippen LogP contribution in [-0.2, 0) is 16.0 Å². The average Bonchev–Trinajstić information content (AvgIpc) is 2.81. The molecule has 0 fully saturated rings. The van der Waals surface area contributed by atoms with Crippen molar-refractivity contribution in [3.8, 4) is 11.3 Å². The quantitative estimate of drug-likeness (QED) is 0.807. The smallest absolute Gasteiger partial charge is 0.315 e. The van der Waals surface area contributed by atoms with E-state index >= 15 is 0 Å². The van der Waals surface area contributed by atoms with E-state index in [4.69, 9.17) is 32.4 Å². The molecule has 0 amide bonds. The Labute approximate surface area is 120 Å². The SMILES string of the molecule is CCOC(=O)Cc1nc(-c2ccc(Cl)c(Cl)c2)co1. The highest BCUT2D eigenvalue weighted by Gasteiger charge is 2.12. The van der Waals surface area contributed by atoms with Crippen molar-refractivity contribution in [1.29, 1.82) is 0 Å². The second kappa shape index (κ2) is 6.08. The third kappa shape index (κ3) is 3.49. The van der Waals surface area contributed by atoms with Crippen LogP contribution in [0.5, 0.6) is 0 Å². The Morgan fingerprint density at radius 1 is 1.37 bits per heavy atom. The van der Waals surface area contributed by atoms with Gasteiger partial charge in [-0.05, 0) is 19.1 Å². The van der Waals surface area contributed by atoms with Gasteiger partial charge in [0.25, 0.3) is 0 Å². The number of benzene rings is 1. The number of oxazole rings is 1. The fraction of sp³-hybridized carbons (Fsp3) is 0.231. The fourth-order valence-corrected chi connectivity index (χ4v) is 1.81. The van der Waals surface area contributed by atoms with Crippen LogP contribution >= 0.6 is 23.2 Å². The van der Waals surface area contributed by atoms with E-state index in [-0.39, 0.29) is 12.4 Å². The zero-order chi connectivity index (χ0) is 13.8. The van der Waals surface area contributed by atoms with Crippen molar-refractivity contribution in [3.05, 3.63) is 40.4 Å². The van der Waals surface area contributed by atoms with Gasteiger partial charge in [-0.1, -0.05) is 29.3 Å². The summed E-state index contributed by atoms with van der Waals surface area (Å²) in [4.78, 5) is 15.5. The van der Waals surface area contributed by atoms with E-state index in [1.54, 1.807) is 25.1 Å². The molecule has 0 radical (unpaired) electrons. The second-order valence-corrected chi connectivity index (χ2v) is 4.55. The number of hydrogen-bond acceptors (Lipinski definition) is 4. The zero-order valence-electron chi connectivity index (χ0n) is 10.2. The van der Waals surface area contributed by atoms with Gasteiger partial charge in [-0.15, -0.1) is 0 Å². The van der Waals surface area contributed by atoms with Crippen molar-refractivity contribution in [2.45, 2.75) is 13.3 Å². The predicted octanol–water partition coefficient (Wildman–Crippen LogP) is 3.75. The summed E-state index contributed by atoms with van der Waals surface area (Å²) in [7, 11) is 0. The number of halogens is 2. The molecule has 0 saturated carbocycles. The highest BCUT2D eigenvalue weighted by atomic mass is 35.5. The van der Waals surface area contributed by atoms with Crippen molar-refractivity contribution < 1.29 is 13.9 Å². The largest absolute Gasteiger partial charge is 0.466 e. The lowest BCUT2D eigenvalue weighted by molar-refractivity contribution is -0.142. The number of aromatic nitrogens is 1. The number of hydrogen-bond donors (Lipinski definition) is 0. The van der Waals surface area contributed by atoms with Crippen LogP contribution in [0.25, 0.3) is 11.3 Å². The molecule has 0 aliphatic carbocycles. The summed E-state index contributed by atoms with van der Waals surface area (Å²) in [6.45, 7) is 2.08. The summed E-state index contributed by atoms with van der Waals surface area (Å²) in [6.07, 6.45) is 1.48. The predicted molar refractivity (Wildman–Crippen MR) is 72.3 cm³/mol. The van der Waals surface area contributed by atoms with Gasteiger partial charge in [-0.25, -0.2) is 4.98 Å². The number of carbonyl (C=O) groups is 1. The lowest BCUT2D eigenvalue weighted by Gasteiger charge is -1.99. The second-order valence-electron chi connectivity index (χ2n) is 3.74. The van der Waals surface area contributed by atoms with Crippen LogP contribution in [0.2, 0.25) is 10.0 Å². The fourth-order valence-electron chi connectivity index (χ4n) is 1.52. The Hall–Kier alpha value is -1.52. The van der Waals surface area contributed by atoms with E-state index < -0.39 is 0 Å². The van der Waals surface area contributed by atoms with Gasteiger partial charge in [0.1, 0.15) is 18.4 Å². The van der Waals surface area contributed by atoms with E-state index in [9.17, 15) is 4.79 Å². The topological polar surface area (TPSA) is 52.3 Å². The lowest BCUT2D eigenvalue weighted by atomic mass is 10.2. The van der Waals surface area contributed by atoms with Crippen LogP contribution in [0.15, 0.2) is 28.9 Å². The van der Waals surface area contributed by atoms with Crippen molar-refractivity contribution in [3.63, 3.8) is 0 Å². The van der Waals surface area contributed by atoms with Crippen LogP contribution in [-0.4, -0.2) is 17.6 Å². The molecule has 0 aliphatic rings. The van der Waals surface area contributed by atoms with Gasteiger partial charge >= 0.3 is 5.97 Å². The van der Waals surface area contributed by atoms with E-state index in [1.165, 1.54) is 6.26 Å². The molecule has 100 valence electrons. The summed E-state index contributed by atoms with van der Waals surface area (Å²) < 4.78 is 10.0. The average molecular weight is 300 g/mol. The van der Waals surface area contributed by atoms with E-state index in [1.807, 2.05) is 0 Å². The minimum atomic E-state index is -0.370. The molecule has 0 bridgehead atoms. The Kier molecular flexibility index (Phi) is 4.45. The van der Waals surface area contributed by atoms with Crippen molar-refractivity contribution in [1.82, 2.24) is 4.98 Å². The lowest BCUT2D eigenvalue weighted by Crippen LogP contribution is -2.07. The molecule has 4 nitrogen and oxygen atoms in total. The summed E-state index contributed by atoms with van der Waals surface area (Å²) >= 11 is 11.8. The van der Waals surface area contributed by atoms with Gasteiger partial charge < -0.3 is 9.15 Å². The van der Waals surface area contributed by atoms with E-state index in [2.05, 4.69) is 4.98 Å². The van der Waals surface area contributed by atoms with Gasteiger partial charge in [-0.2, -0.15) is 0 Å². The third-order valence-electron chi connectivity index (χ3n) is 2.37. The van der Waals surface area contributed by atoms with E-state index in [0.29, 0.717) is 28.2 Å². The molecule has 0 atom stereocenters. The summed E-state index contributed by atoms with van der Waals surface area (Å²) in [5.41, 5.74) is 1.37. The molecule has 2 aromatic rings. The van der Waals surface area contributed by atoms with Crippen molar-refractivity contribution in [2.75, 3.05) is 6.61 Å². The molecule has 1 aromatic carbocycles. The van der Waals surface area contributed by atoms with Gasteiger partial charge in [0, 0.05) is 5.56 Å². The minimum Gasteiger partial charge on any atom is -0.466 e. The first-order valence-corrected chi connectivity index (χ1v) is 6.41. The molecular weight excluding hydrogens is 289 g/mol. The maximum absolute atomic E-state index is 11.3. The Morgan fingerprint density at radius 3 is 2.84 bits per heavy atom. The van der Waals surface area contributed by atoms with Crippen LogP contribution in [0.1, 0.15) is 12.8 Å². The van der Waals surface area contributed by atoms with E-state index in [0.717, 1.165) is 5.56 Å². The van der Waals surface area contributed by atoms with Gasteiger partial charge in [0.15, 0.2) is 0 Å².